The SMILES string of the molecule is Nc1ncnc2c1cc([N+](=O)[O-])n2[C@@H]1C[C@H](O)[C@@H](CO)O1. The van der Waals surface area contributed by atoms with Crippen molar-refractivity contribution in [1.82, 2.24) is 14.5 Å². The molecule has 0 bridgehead atoms. The minimum Gasteiger partial charge on any atom is -0.394 e. The number of nitrogens with two attached hydrogens (primary N) is 1. The molecule has 1 fully saturated rings. The molecule has 10 nitrogen and oxygen atoms in total. The summed E-state index contributed by atoms with van der Waals surface area (Å²) < 4.78 is 6.72. The van der Waals surface area contributed by atoms with Crippen LogP contribution in [0.5, 0.6) is 0 Å². The van der Waals surface area contributed by atoms with Crippen LogP contribution in [0.4, 0.5) is 11.6 Å². The molecule has 0 radical (unpaired) electrons. The minimum atomic E-state index is -0.906. The maximum Gasteiger partial charge on any atom is 0.327 e. The lowest BCUT2D eigenvalue weighted by molar-refractivity contribution is -0.393. The van der Waals surface area contributed by atoms with E-state index in [9.17, 15) is 15.2 Å². The molecule has 112 valence electrons. The predicted octanol–water partition coefficient (Wildman–Crippen LogP) is -0.438. The van der Waals surface area contributed by atoms with Crippen LogP contribution in [0.2, 0.25) is 0 Å². The van der Waals surface area contributed by atoms with Gasteiger partial charge >= 0.3 is 5.82 Å². The van der Waals surface area contributed by atoms with Gasteiger partial charge in [0.15, 0.2) is 0 Å². The van der Waals surface area contributed by atoms with E-state index in [0.29, 0.717) is 5.39 Å². The smallest absolute Gasteiger partial charge is 0.327 e. The highest BCUT2D eigenvalue weighted by Crippen LogP contribution is 2.36. The molecule has 2 aromatic rings. The molecular weight excluding hydrogens is 282 g/mol. The monoisotopic (exact) mass is 295 g/mol. The van der Waals surface area contributed by atoms with E-state index in [4.69, 9.17) is 15.6 Å². The zero-order valence-corrected chi connectivity index (χ0v) is 10.8. The minimum absolute atomic E-state index is 0.111. The van der Waals surface area contributed by atoms with E-state index in [1.54, 1.807) is 0 Å². The van der Waals surface area contributed by atoms with E-state index in [1.807, 2.05) is 0 Å². The molecule has 21 heavy (non-hydrogen) atoms. The quantitative estimate of drug-likeness (QED) is 0.509. The number of aliphatic hydroxyl groups is 2. The lowest BCUT2D eigenvalue weighted by Crippen LogP contribution is -2.24. The van der Waals surface area contributed by atoms with Gasteiger partial charge in [-0.25, -0.2) is 4.98 Å². The Labute approximate surface area is 117 Å². The van der Waals surface area contributed by atoms with Crippen molar-refractivity contribution in [2.24, 2.45) is 0 Å². The van der Waals surface area contributed by atoms with Crippen molar-refractivity contribution in [2.45, 2.75) is 24.9 Å². The van der Waals surface area contributed by atoms with Crippen LogP contribution in [0.25, 0.3) is 11.0 Å². The van der Waals surface area contributed by atoms with Crippen LogP contribution in [0.15, 0.2) is 12.4 Å². The summed E-state index contributed by atoms with van der Waals surface area (Å²) in [6, 6.07) is 1.27. The molecule has 4 N–H and O–H groups in total. The Morgan fingerprint density at radius 1 is 1.57 bits per heavy atom. The molecule has 0 unspecified atom stereocenters. The van der Waals surface area contributed by atoms with Gasteiger partial charge in [-0.1, -0.05) is 0 Å². The van der Waals surface area contributed by atoms with Crippen LogP contribution in [-0.4, -0.2) is 48.5 Å². The molecule has 0 saturated carbocycles. The molecule has 3 atom stereocenters. The number of hydrogen-bond acceptors (Lipinski definition) is 8. The lowest BCUT2D eigenvalue weighted by Gasteiger charge is -2.11. The summed E-state index contributed by atoms with van der Waals surface area (Å²) in [5.74, 6) is -0.132. The van der Waals surface area contributed by atoms with Crippen molar-refractivity contribution in [3.8, 4) is 0 Å². The third-order valence-electron chi connectivity index (χ3n) is 3.50. The number of nitro groups is 1. The molecule has 0 aliphatic carbocycles. The van der Waals surface area contributed by atoms with Crippen LogP contribution in [0.1, 0.15) is 12.6 Å². The Bertz CT molecular complexity index is 702. The fraction of sp³-hybridized carbons (Fsp3) is 0.455. The molecule has 1 aliphatic heterocycles. The Kier molecular flexibility index (Phi) is 3.20. The number of nitrogen functional groups attached to an aromatic ring is 1. The zero-order chi connectivity index (χ0) is 15.1. The first-order valence-electron chi connectivity index (χ1n) is 6.23. The summed E-state index contributed by atoms with van der Waals surface area (Å²) in [4.78, 5) is 18.4. The molecular formula is C11H13N5O5. The third kappa shape index (κ3) is 2.09. The maximum atomic E-state index is 11.2. The van der Waals surface area contributed by atoms with Gasteiger partial charge in [0.2, 0.25) is 11.9 Å². The van der Waals surface area contributed by atoms with Gasteiger partial charge < -0.3 is 30.8 Å². The average Bonchev–Trinajstić information content (AvgIpc) is 3.00. The Hall–Kier alpha value is -2.30. The van der Waals surface area contributed by atoms with Crippen LogP contribution in [0, 0.1) is 10.1 Å². The number of aromatic nitrogens is 3. The summed E-state index contributed by atoms with van der Waals surface area (Å²) in [5, 5.41) is 30.5. The molecule has 1 saturated heterocycles. The molecule has 0 aromatic carbocycles. The number of hydrogen-bond donors (Lipinski definition) is 3. The number of ether oxygens (including phenoxy) is 1. The van der Waals surface area contributed by atoms with E-state index in [-0.39, 0.29) is 30.3 Å². The Morgan fingerprint density at radius 3 is 2.95 bits per heavy atom. The highest BCUT2D eigenvalue weighted by Gasteiger charge is 2.40. The summed E-state index contributed by atoms with van der Waals surface area (Å²) in [7, 11) is 0. The van der Waals surface area contributed by atoms with Crippen LogP contribution in [-0.2, 0) is 4.74 Å². The Balaban J connectivity index is 2.15. The van der Waals surface area contributed by atoms with Gasteiger partial charge in [0, 0.05) is 12.5 Å². The summed E-state index contributed by atoms with van der Waals surface area (Å²) in [6.07, 6.45) is -1.18. The van der Waals surface area contributed by atoms with Crippen LogP contribution >= 0.6 is 0 Å². The molecule has 0 amide bonds. The van der Waals surface area contributed by atoms with Crippen molar-refractivity contribution >= 4 is 22.7 Å². The van der Waals surface area contributed by atoms with Gasteiger partial charge in [-0.15, -0.1) is 0 Å². The molecule has 10 heteroatoms. The Morgan fingerprint density at radius 2 is 2.33 bits per heavy atom. The molecule has 0 spiro atoms. The topological polar surface area (TPSA) is 150 Å². The van der Waals surface area contributed by atoms with E-state index in [0.717, 1.165) is 0 Å². The fourth-order valence-corrected chi connectivity index (χ4v) is 2.50. The van der Waals surface area contributed by atoms with E-state index in [2.05, 4.69) is 9.97 Å². The van der Waals surface area contributed by atoms with Gasteiger partial charge in [0.05, 0.1) is 18.1 Å². The average molecular weight is 295 g/mol. The molecule has 1 aliphatic rings. The number of anilines is 1. The van der Waals surface area contributed by atoms with Crippen LogP contribution < -0.4 is 5.73 Å². The third-order valence-corrected chi connectivity index (χ3v) is 3.50. The van der Waals surface area contributed by atoms with Gasteiger partial charge in [-0.3, -0.25) is 0 Å². The summed E-state index contributed by atoms with van der Waals surface area (Å²) in [5.41, 5.74) is 5.96. The summed E-state index contributed by atoms with van der Waals surface area (Å²) >= 11 is 0. The van der Waals surface area contributed by atoms with Crippen LogP contribution in [0.3, 0.4) is 0 Å². The zero-order valence-electron chi connectivity index (χ0n) is 10.8. The molecule has 2 aromatic heterocycles. The second kappa shape index (κ2) is 4.91. The van der Waals surface area contributed by atoms with Crippen molar-refractivity contribution < 1.29 is 19.9 Å². The van der Waals surface area contributed by atoms with Gasteiger partial charge in [-0.05, 0) is 4.92 Å². The van der Waals surface area contributed by atoms with Crippen molar-refractivity contribution in [2.75, 3.05) is 12.3 Å². The largest absolute Gasteiger partial charge is 0.394 e. The van der Waals surface area contributed by atoms with E-state index >= 15 is 0 Å². The number of nitrogens with zero attached hydrogens (tertiary/aromatic N) is 4. The lowest BCUT2D eigenvalue weighted by atomic mass is 10.2. The highest BCUT2D eigenvalue weighted by molar-refractivity contribution is 5.88. The van der Waals surface area contributed by atoms with Crippen molar-refractivity contribution in [3.63, 3.8) is 0 Å². The molecule has 3 heterocycles. The first kappa shape index (κ1) is 13.7. The number of aliphatic hydroxyl groups excluding tert-OH is 2. The summed E-state index contributed by atoms with van der Waals surface area (Å²) in [6.45, 7) is -0.373. The standard InChI is InChI=1S/C11H13N5O5/c12-10-5-1-8(16(19)20)15(11(5)14-4-13-10)9-2-6(18)7(3-17)21-9/h1,4,6-7,9,17-18H,2-3H2,(H2,12,13,14)/t6-,7+,9-/m0/s1. The second-order valence-electron chi connectivity index (χ2n) is 4.74. The maximum absolute atomic E-state index is 11.2. The normalized spacial score (nSPS) is 25.5. The van der Waals surface area contributed by atoms with Crippen molar-refractivity contribution in [1.29, 1.82) is 0 Å². The van der Waals surface area contributed by atoms with E-state index < -0.39 is 23.4 Å². The molecule has 3 rings (SSSR count). The fourth-order valence-electron chi connectivity index (χ4n) is 2.50. The van der Waals surface area contributed by atoms with E-state index in [1.165, 1.54) is 17.0 Å². The van der Waals surface area contributed by atoms with Gasteiger partial charge in [0.1, 0.15) is 18.2 Å². The van der Waals surface area contributed by atoms with Gasteiger partial charge in [0.25, 0.3) is 0 Å². The first-order chi connectivity index (χ1) is 10.0. The highest BCUT2D eigenvalue weighted by atomic mass is 16.6. The van der Waals surface area contributed by atoms with Gasteiger partial charge in [-0.2, -0.15) is 9.55 Å². The predicted molar refractivity (Wildman–Crippen MR) is 70.2 cm³/mol. The van der Waals surface area contributed by atoms with Crippen molar-refractivity contribution in [3.05, 3.63) is 22.5 Å². The number of fused-ring (bicyclic) bond motifs is 1. The second-order valence-corrected chi connectivity index (χ2v) is 4.74. The number of rotatable bonds is 3. The first-order valence-corrected chi connectivity index (χ1v) is 6.23.